The summed E-state index contributed by atoms with van der Waals surface area (Å²) in [7, 11) is 3.51. The highest BCUT2D eigenvalue weighted by Crippen LogP contribution is 2.23. The van der Waals surface area contributed by atoms with Crippen molar-refractivity contribution in [1.29, 1.82) is 0 Å². The summed E-state index contributed by atoms with van der Waals surface area (Å²) in [5.74, 6) is 2.22. The Bertz CT molecular complexity index is 1240. The van der Waals surface area contributed by atoms with Crippen molar-refractivity contribution >= 4 is 16.9 Å². The van der Waals surface area contributed by atoms with E-state index in [1.165, 1.54) is 0 Å². The van der Waals surface area contributed by atoms with Crippen LogP contribution in [0.15, 0.2) is 48.8 Å². The van der Waals surface area contributed by atoms with E-state index in [1.807, 2.05) is 54.1 Å². The van der Waals surface area contributed by atoms with Gasteiger partial charge < -0.3 is 18.8 Å². The van der Waals surface area contributed by atoms with Crippen molar-refractivity contribution in [1.82, 2.24) is 29.0 Å². The number of hydrogen-bond donors (Lipinski definition) is 0. The molecule has 1 aromatic carbocycles. The fourth-order valence-corrected chi connectivity index (χ4v) is 3.75. The summed E-state index contributed by atoms with van der Waals surface area (Å²) in [5.41, 5.74) is 3.22. The van der Waals surface area contributed by atoms with Crippen molar-refractivity contribution in [3.05, 3.63) is 60.2 Å². The summed E-state index contributed by atoms with van der Waals surface area (Å²) in [5, 5.41) is 0. The van der Waals surface area contributed by atoms with Gasteiger partial charge in [-0.05, 0) is 37.6 Å². The standard InChI is InChI=1S/C24H28N6O2/c1-5-13-30-20-11-10-17(24(31)28(3)4)15-19(20)26-21(30)16-29-14-12-25-23(29)18-8-7-9-22(27-18)32-6-2/h7-12,14-15H,5-6,13,16H2,1-4H3. The zero-order chi connectivity index (χ0) is 22.7. The molecule has 0 radical (unpaired) electrons. The van der Waals surface area contributed by atoms with Crippen LogP contribution in [0, 0.1) is 0 Å². The molecule has 4 aromatic rings. The van der Waals surface area contributed by atoms with E-state index >= 15 is 0 Å². The van der Waals surface area contributed by atoms with E-state index in [0.29, 0.717) is 24.6 Å². The highest BCUT2D eigenvalue weighted by atomic mass is 16.5. The first-order chi connectivity index (χ1) is 15.5. The van der Waals surface area contributed by atoms with Crippen molar-refractivity contribution in [3.63, 3.8) is 0 Å². The maximum atomic E-state index is 12.4. The smallest absolute Gasteiger partial charge is 0.253 e. The van der Waals surface area contributed by atoms with Crippen molar-refractivity contribution in [2.75, 3.05) is 20.7 Å². The topological polar surface area (TPSA) is 78.1 Å². The van der Waals surface area contributed by atoms with Crippen LogP contribution in [0.2, 0.25) is 0 Å². The number of rotatable bonds is 8. The summed E-state index contributed by atoms with van der Waals surface area (Å²) in [6, 6.07) is 11.4. The molecule has 0 bridgehead atoms. The van der Waals surface area contributed by atoms with Gasteiger partial charge in [-0.3, -0.25) is 4.79 Å². The fraction of sp³-hybridized carbons (Fsp3) is 0.333. The van der Waals surface area contributed by atoms with Gasteiger partial charge in [0.2, 0.25) is 5.88 Å². The minimum absolute atomic E-state index is 0.0318. The zero-order valence-electron chi connectivity index (χ0n) is 18.9. The molecule has 0 aliphatic carbocycles. The van der Waals surface area contributed by atoms with Gasteiger partial charge >= 0.3 is 0 Å². The number of pyridine rings is 1. The normalized spacial score (nSPS) is 11.1. The Morgan fingerprint density at radius 1 is 1.12 bits per heavy atom. The number of carbonyl (C=O) groups excluding carboxylic acids is 1. The molecule has 3 heterocycles. The zero-order valence-corrected chi connectivity index (χ0v) is 18.9. The second kappa shape index (κ2) is 9.21. The van der Waals surface area contributed by atoms with Crippen LogP contribution < -0.4 is 4.74 Å². The number of carbonyl (C=O) groups is 1. The Morgan fingerprint density at radius 3 is 2.72 bits per heavy atom. The van der Waals surface area contributed by atoms with Crippen LogP contribution in [0.25, 0.3) is 22.6 Å². The van der Waals surface area contributed by atoms with Crippen molar-refractivity contribution < 1.29 is 9.53 Å². The molecule has 0 N–H and O–H groups in total. The molecule has 0 aliphatic heterocycles. The summed E-state index contributed by atoms with van der Waals surface area (Å²) in [4.78, 5) is 28.0. The van der Waals surface area contributed by atoms with Crippen molar-refractivity contribution in [2.45, 2.75) is 33.4 Å². The molecule has 0 atom stereocenters. The third-order valence-electron chi connectivity index (χ3n) is 5.20. The molecule has 0 unspecified atom stereocenters. The van der Waals surface area contributed by atoms with E-state index in [2.05, 4.69) is 21.5 Å². The van der Waals surface area contributed by atoms with Gasteiger partial charge in [0.15, 0.2) is 5.82 Å². The van der Waals surface area contributed by atoms with E-state index in [9.17, 15) is 4.79 Å². The van der Waals surface area contributed by atoms with Crippen LogP contribution in [-0.4, -0.2) is 55.6 Å². The molecule has 8 nitrogen and oxygen atoms in total. The SMILES string of the molecule is CCCn1c(Cn2ccnc2-c2cccc(OCC)n2)nc2cc(C(=O)N(C)C)ccc21. The number of aryl methyl sites for hydroxylation is 1. The van der Waals surface area contributed by atoms with E-state index in [4.69, 9.17) is 9.72 Å². The Kier molecular flexibility index (Phi) is 6.20. The number of nitrogens with zero attached hydrogens (tertiary/aromatic N) is 6. The summed E-state index contributed by atoms with van der Waals surface area (Å²) < 4.78 is 9.80. The summed E-state index contributed by atoms with van der Waals surface area (Å²) >= 11 is 0. The first-order valence-corrected chi connectivity index (χ1v) is 10.8. The average Bonchev–Trinajstić information content (AvgIpc) is 3.38. The predicted molar refractivity (Wildman–Crippen MR) is 124 cm³/mol. The van der Waals surface area contributed by atoms with Crippen LogP contribution in [0.4, 0.5) is 0 Å². The molecule has 0 saturated heterocycles. The summed E-state index contributed by atoms with van der Waals surface area (Å²) in [6.07, 6.45) is 4.68. The van der Waals surface area contributed by atoms with E-state index in [-0.39, 0.29) is 5.91 Å². The lowest BCUT2D eigenvalue weighted by molar-refractivity contribution is 0.0827. The molecule has 1 amide bonds. The first-order valence-electron chi connectivity index (χ1n) is 10.8. The maximum Gasteiger partial charge on any atom is 0.253 e. The van der Waals surface area contributed by atoms with Gasteiger partial charge in [0.25, 0.3) is 5.91 Å². The fourth-order valence-electron chi connectivity index (χ4n) is 3.75. The molecule has 0 aliphatic rings. The quantitative estimate of drug-likeness (QED) is 0.423. The Morgan fingerprint density at radius 2 is 1.97 bits per heavy atom. The highest BCUT2D eigenvalue weighted by molar-refractivity contribution is 5.97. The number of ether oxygens (including phenoxy) is 1. The van der Waals surface area contributed by atoms with Crippen molar-refractivity contribution in [2.24, 2.45) is 0 Å². The number of fused-ring (bicyclic) bond motifs is 1. The van der Waals surface area contributed by atoms with Crippen LogP contribution >= 0.6 is 0 Å². The van der Waals surface area contributed by atoms with Crippen LogP contribution in [0.5, 0.6) is 5.88 Å². The molecule has 3 aromatic heterocycles. The minimum Gasteiger partial charge on any atom is -0.478 e. The average molecular weight is 433 g/mol. The number of benzene rings is 1. The molecule has 8 heteroatoms. The Balaban J connectivity index is 1.72. The van der Waals surface area contributed by atoms with Crippen molar-refractivity contribution in [3.8, 4) is 17.4 Å². The van der Waals surface area contributed by atoms with Gasteiger partial charge in [0.05, 0.1) is 24.2 Å². The third-order valence-corrected chi connectivity index (χ3v) is 5.20. The van der Waals surface area contributed by atoms with E-state index in [1.54, 1.807) is 25.2 Å². The Labute approximate surface area is 187 Å². The minimum atomic E-state index is -0.0318. The van der Waals surface area contributed by atoms with Gasteiger partial charge in [-0.15, -0.1) is 0 Å². The van der Waals surface area contributed by atoms with Crippen LogP contribution in [0.1, 0.15) is 36.5 Å². The lowest BCUT2D eigenvalue weighted by Gasteiger charge is -2.11. The second-order valence-electron chi connectivity index (χ2n) is 7.76. The molecule has 166 valence electrons. The number of amides is 1. The number of aromatic nitrogens is 5. The molecule has 0 saturated carbocycles. The predicted octanol–water partition coefficient (Wildman–Crippen LogP) is 3.85. The molecule has 0 fully saturated rings. The maximum absolute atomic E-state index is 12.4. The first kappa shape index (κ1) is 21.5. The summed E-state index contributed by atoms with van der Waals surface area (Å²) in [6.45, 7) is 6.02. The third kappa shape index (κ3) is 4.21. The number of imidazole rings is 2. The van der Waals surface area contributed by atoms with E-state index < -0.39 is 0 Å². The molecule has 32 heavy (non-hydrogen) atoms. The van der Waals surface area contributed by atoms with Gasteiger partial charge in [-0.1, -0.05) is 13.0 Å². The van der Waals surface area contributed by atoms with Crippen LogP contribution in [-0.2, 0) is 13.1 Å². The van der Waals surface area contributed by atoms with E-state index in [0.717, 1.165) is 41.3 Å². The van der Waals surface area contributed by atoms with Gasteiger partial charge in [-0.25, -0.2) is 15.0 Å². The molecular formula is C24H28N6O2. The number of hydrogen-bond acceptors (Lipinski definition) is 5. The second-order valence-corrected chi connectivity index (χ2v) is 7.76. The van der Waals surface area contributed by atoms with Crippen LogP contribution in [0.3, 0.4) is 0 Å². The highest BCUT2D eigenvalue weighted by Gasteiger charge is 2.16. The van der Waals surface area contributed by atoms with Gasteiger partial charge in [0, 0.05) is 44.7 Å². The lowest BCUT2D eigenvalue weighted by Crippen LogP contribution is -2.21. The Hall–Kier alpha value is -3.68. The van der Waals surface area contributed by atoms with Gasteiger partial charge in [-0.2, -0.15) is 0 Å². The monoisotopic (exact) mass is 432 g/mol. The molecule has 4 rings (SSSR count). The largest absolute Gasteiger partial charge is 0.478 e. The molecular weight excluding hydrogens is 404 g/mol. The molecule has 0 spiro atoms. The lowest BCUT2D eigenvalue weighted by atomic mass is 10.2. The van der Waals surface area contributed by atoms with Gasteiger partial charge in [0.1, 0.15) is 11.5 Å².